The molecule has 0 aromatic carbocycles. The van der Waals surface area contributed by atoms with Gasteiger partial charge in [0.2, 0.25) is 5.76 Å². The van der Waals surface area contributed by atoms with E-state index in [9.17, 15) is 4.79 Å². The van der Waals surface area contributed by atoms with Crippen LogP contribution in [0.2, 0.25) is 0 Å². The van der Waals surface area contributed by atoms with Crippen molar-refractivity contribution in [1.29, 1.82) is 0 Å². The van der Waals surface area contributed by atoms with Gasteiger partial charge in [-0.05, 0) is 18.9 Å². The van der Waals surface area contributed by atoms with E-state index < -0.39 is 5.97 Å². The van der Waals surface area contributed by atoms with Gasteiger partial charge in [-0.1, -0.05) is 11.6 Å². The average molecular weight is 268 g/mol. The Labute approximate surface area is 113 Å². The van der Waals surface area contributed by atoms with Crippen molar-refractivity contribution in [2.75, 3.05) is 27.4 Å². The summed E-state index contributed by atoms with van der Waals surface area (Å²) in [6.45, 7) is 1.38. The Morgan fingerprint density at radius 2 is 1.79 bits per heavy atom. The van der Waals surface area contributed by atoms with Crippen LogP contribution in [0.4, 0.5) is 0 Å². The van der Waals surface area contributed by atoms with Crippen LogP contribution in [0.3, 0.4) is 0 Å². The SMILES string of the molecule is COC(=O)/C(=C/C=C1CCC2(CC1)OCCO2)OC. The Balaban J connectivity index is 1.94. The largest absolute Gasteiger partial charge is 0.490 e. The lowest BCUT2D eigenvalue weighted by atomic mass is 9.89. The topological polar surface area (TPSA) is 54.0 Å². The van der Waals surface area contributed by atoms with E-state index >= 15 is 0 Å². The van der Waals surface area contributed by atoms with E-state index in [2.05, 4.69) is 4.74 Å². The first-order valence-corrected chi connectivity index (χ1v) is 6.49. The minimum absolute atomic E-state index is 0.212. The standard InChI is InChI=1S/C14H20O5/c1-16-12(13(15)17-2)4-3-11-5-7-14(8-6-11)18-9-10-19-14/h3-4H,5-10H2,1-2H3/b12-4-. The molecule has 5 nitrogen and oxygen atoms in total. The maximum absolute atomic E-state index is 11.3. The van der Waals surface area contributed by atoms with Crippen molar-refractivity contribution in [3.63, 3.8) is 0 Å². The predicted octanol–water partition coefficient (Wildman–Crippen LogP) is 1.93. The van der Waals surface area contributed by atoms with Gasteiger partial charge >= 0.3 is 5.97 Å². The summed E-state index contributed by atoms with van der Waals surface area (Å²) in [4.78, 5) is 11.3. The third-order valence-corrected chi connectivity index (χ3v) is 3.54. The molecule has 0 bridgehead atoms. The van der Waals surface area contributed by atoms with E-state index in [-0.39, 0.29) is 11.5 Å². The molecular formula is C14H20O5. The van der Waals surface area contributed by atoms with Gasteiger partial charge in [-0.3, -0.25) is 0 Å². The molecule has 0 atom stereocenters. The molecule has 0 aromatic heterocycles. The lowest BCUT2D eigenvalue weighted by molar-refractivity contribution is -0.171. The number of ether oxygens (including phenoxy) is 4. The zero-order valence-electron chi connectivity index (χ0n) is 11.4. The quantitative estimate of drug-likeness (QED) is 0.445. The highest BCUT2D eigenvalue weighted by Gasteiger charge is 2.38. The summed E-state index contributed by atoms with van der Waals surface area (Å²) in [7, 11) is 2.79. The molecule has 0 radical (unpaired) electrons. The summed E-state index contributed by atoms with van der Waals surface area (Å²) in [6, 6.07) is 0. The van der Waals surface area contributed by atoms with E-state index in [1.54, 1.807) is 6.08 Å². The summed E-state index contributed by atoms with van der Waals surface area (Å²) in [5.74, 6) is -0.606. The van der Waals surface area contributed by atoms with Crippen LogP contribution in [0.15, 0.2) is 23.5 Å². The van der Waals surface area contributed by atoms with Gasteiger partial charge in [0.05, 0.1) is 27.4 Å². The highest BCUT2D eigenvalue weighted by Crippen LogP contribution is 2.37. The van der Waals surface area contributed by atoms with Gasteiger partial charge < -0.3 is 18.9 Å². The van der Waals surface area contributed by atoms with Crippen molar-refractivity contribution in [2.24, 2.45) is 0 Å². The van der Waals surface area contributed by atoms with E-state index in [0.29, 0.717) is 13.2 Å². The minimum atomic E-state index is -0.464. The Hall–Kier alpha value is -1.33. The van der Waals surface area contributed by atoms with Crippen LogP contribution in [-0.2, 0) is 23.7 Å². The fourth-order valence-corrected chi connectivity index (χ4v) is 2.42. The van der Waals surface area contributed by atoms with Crippen LogP contribution in [0.5, 0.6) is 0 Å². The second-order valence-corrected chi connectivity index (χ2v) is 4.66. The van der Waals surface area contributed by atoms with Crippen molar-refractivity contribution in [3.8, 4) is 0 Å². The average Bonchev–Trinajstić information content (AvgIpc) is 2.89. The van der Waals surface area contributed by atoms with Crippen molar-refractivity contribution in [1.82, 2.24) is 0 Å². The molecule has 2 rings (SSSR count). The zero-order valence-corrected chi connectivity index (χ0v) is 11.4. The molecular weight excluding hydrogens is 248 g/mol. The fourth-order valence-electron chi connectivity index (χ4n) is 2.42. The molecule has 1 spiro atoms. The second kappa shape index (κ2) is 6.21. The highest BCUT2D eigenvalue weighted by atomic mass is 16.7. The lowest BCUT2D eigenvalue weighted by Crippen LogP contribution is -2.33. The number of esters is 1. The van der Waals surface area contributed by atoms with Gasteiger partial charge in [-0.2, -0.15) is 0 Å². The number of carbonyl (C=O) groups is 1. The Kier molecular flexibility index (Phi) is 4.61. The number of allylic oxidation sites excluding steroid dienone is 3. The van der Waals surface area contributed by atoms with Gasteiger partial charge in [-0.25, -0.2) is 4.79 Å². The van der Waals surface area contributed by atoms with Crippen molar-refractivity contribution in [2.45, 2.75) is 31.5 Å². The molecule has 1 saturated carbocycles. The summed E-state index contributed by atoms with van der Waals surface area (Å²) < 4.78 is 20.9. The molecule has 0 aromatic rings. The van der Waals surface area contributed by atoms with Crippen LogP contribution in [0.25, 0.3) is 0 Å². The Morgan fingerprint density at radius 1 is 1.16 bits per heavy atom. The normalized spacial score (nSPS) is 22.4. The smallest absolute Gasteiger partial charge is 0.373 e. The molecule has 106 valence electrons. The van der Waals surface area contributed by atoms with Crippen molar-refractivity contribution < 1.29 is 23.7 Å². The van der Waals surface area contributed by atoms with Crippen molar-refractivity contribution >= 4 is 5.97 Å². The Morgan fingerprint density at radius 3 is 2.32 bits per heavy atom. The van der Waals surface area contributed by atoms with Crippen LogP contribution in [-0.4, -0.2) is 39.2 Å². The molecule has 0 N–H and O–H groups in total. The minimum Gasteiger partial charge on any atom is -0.490 e. The van der Waals surface area contributed by atoms with Crippen molar-refractivity contribution in [3.05, 3.63) is 23.5 Å². The van der Waals surface area contributed by atoms with Gasteiger partial charge in [0.25, 0.3) is 0 Å². The number of methoxy groups -OCH3 is 2. The lowest BCUT2D eigenvalue weighted by Gasteiger charge is -2.32. The number of hydrogen-bond acceptors (Lipinski definition) is 5. The van der Waals surface area contributed by atoms with Crippen LogP contribution < -0.4 is 0 Å². The Bertz CT molecular complexity index is 379. The highest BCUT2D eigenvalue weighted by molar-refractivity contribution is 5.86. The van der Waals surface area contributed by atoms with E-state index in [0.717, 1.165) is 25.7 Å². The molecule has 1 saturated heterocycles. The first-order valence-electron chi connectivity index (χ1n) is 6.49. The summed E-state index contributed by atoms with van der Waals surface area (Å²) in [6.07, 6.45) is 7.15. The zero-order chi connectivity index (χ0) is 13.7. The summed E-state index contributed by atoms with van der Waals surface area (Å²) in [5.41, 5.74) is 1.27. The maximum atomic E-state index is 11.3. The molecule has 0 amide bonds. The van der Waals surface area contributed by atoms with Crippen LogP contribution in [0.1, 0.15) is 25.7 Å². The first kappa shape index (κ1) is 14.1. The monoisotopic (exact) mass is 268 g/mol. The van der Waals surface area contributed by atoms with Gasteiger partial charge in [-0.15, -0.1) is 0 Å². The van der Waals surface area contributed by atoms with Gasteiger partial charge in [0.15, 0.2) is 5.79 Å². The van der Waals surface area contributed by atoms with E-state index in [4.69, 9.17) is 14.2 Å². The van der Waals surface area contributed by atoms with E-state index in [1.165, 1.54) is 19.8 Å². The maximum Gasteiger partial charge on any atom is 0.373 e. The number of carbonyl (C=O) groups excluding carboxylic acids is 1. The summed E-state index contributed by atoms with van der Waals surface area (Å²) in [5, 5.41) is 0. The van der Waals surface area contributed by atoms with E-state index in [1.807, 2.05) is 6.08 Å². The molecule has 1 heterocycles. The summed E-state index contributed by atoms with van der Waals surface area (Å²) >= 11 is 0. The molecule has 2 aliphatic rings. The fraction of sp³-hybridized carbons (Fsp3) is 0.643. The molecule has 5 heteroatoms. The molecule has 2 fully saturated rings. The second-order valence-electron chi connectivity index (χ2n) is 4.66. The number of rotatable bonds is 3. The van der Waals surface area contributed by atoms with Crippen LogP contribution >= 0.6 is 0 Å². The van der Waals surface area contributed by atoms with Gasteiger partial charge in [0.1, 0.15) is 0 Å². The molecule has 1 aliphatic heterocycles. The third kappa shape index (κ3) is 3.36. The molecule has 1 aliphatic carbocycles. The molecule has 0 unspecified atom stereocenters. The van der Waals surface area contributed by atoms with Gasteiger partial charge in [0, 0.05) is 12.8 Å². The molecule has 19 heavy (non-hydrogen) atoms. The number of hydrogen-bond donors (Lipinski definition) is 0. The predicted molar refractivity (Wildman–Crippen MR) is 68.3 cm³/mol. The third-order valence-electron chi connectivity index (χ3n) is 3.54. The first-order chi connectivity index (χ1) is 9.19. The van der Waals surface area contributed by atoms with Crippen LogP contribution in [0, 0.1) is 0 Å².